The predicted octanol–water partition coefficient (Wildman–Crippen LogP) is 1.79. The zero-order valence-electron chi connectivity index (χ0n) is 12.3. The number of rotatable bonds is 4. The van der Waals surface area contributed by atoms with E-state index in [9.17, 15) is 17.6 Å². The normalized spacial score (nSPS) is 11.5. The molecule has 6 nitrogen and oxygen atoms in total. The molecule has 0 saturated heterocycles. The van der Waals surface area contributed by atoms with Gasteiger partial charge in [-0.1, -0.05) is 5.16 Å². The molecule has 118 valence electrons. The van der Waals surface area contributed by atoms with E-state index in [1.807, 2.05) is 4.72 Å². The van der Waals surface area contributed by atoms with Gasteiger partial charge in [-0.05, 0) is 44.0 Å². The number of nitrogens with zero attached hydrogens (tertiary/aromatic N) is 1. The number of benzene rings is 1. The van der Waals surface area contributed by atoms with Crippen molar-refractivity contribution in [2.45, 2.75) is 32.1 Å². The molecule has 22 heavy (non-hydrogen) atoms. The summed E-state index contributed by atoms with van der Waals surface area (Å²) in [6.07, 6.45) is -0.226. The first kappa shape index (κ1) is 16.2. The fourth-order valence-corrected chi connectivity index (χ4v) is 3.13. The van der Waals surface area contributed by atoms with Gasteiger partial charge >= 0.3 is 0 Å². The van der Waals surface area contributed by atoms with Crippen LogP contribution in [0.3, 0.4) is 0 Å². The number of carbonyl (C=O) groups excluding carboxylic acids is 1. The van der Waals surface area contributed by atoms with E-state index < -0.39 is 21.7 Å². The number of aromatic nitrogens is 1. The second-order valence-corrected chi connectivity index (χ2v) is 6.69. The molecular weight excluding hydrogens is 311 g/mol. The first-order valence-corrected chi connectivity index (χ1v) is 7.92. The molecular formula is C14H15FN2O4S. The van der Waals surface area contributed by atoms with Crippen molar-refractivity contribution in [3.63, 3.8) is 0 Å². The standard InChI is InChI=1S/C14H15FN2O4S/c1-8-4-12(5-9(2)14(8)15)22(19,20)17-13(18)7-11-6-10(3)21-16-11/h4-6H,7H2,1-3H3,(H,17,18). The summed E-state index contributed by atoms with van der Waals surface area (Å²) in [5, 5.41) is 3.62. The van der Waals surface area contributed by atoms with Crippen LogP contribution < -0.4 is 4.72 Å². The highest BCUT2D eigenvalue weighted by Crippen LogP contribution is 2.18. The van der Waals surface area contributed by atoms with E-state index in [0.717, 1.165) is 0 Å². The lowest BCUT2D eigenvalue weighted by atomic mass is 10.1. The number of hydrogen-bond acceptors (Lipinski definition) is 5. The largest absolute Gasteiger partial charge is 0.361 e. The van der Waals surface area contributed by atoms with Gasteiger partial charge in [0.2, 0.25) is 5.91 Å². The van der Waals surface area contributed by atoms with Crippen LogP contribution in [0.25, 0.3) is 0 Å². The molecule has 0 radical (unpaired) electrons. The smallest absolute Gasteiger partial charge is 0.264 e. The van der Waals surface area contributed by atoms with Crippen LogP contribution in [0.1, 0.15) is 22.6 Å². The van der Waals surface area contributed by atoms with Crippen molar-refractivity contribution >= 4 is 15.9 Å². The molecule has 0 aliphatic rings. The lowest BCUT2D eigenvalue weighted by molar-refractivity contribution is -0.118. The Morgan fingerprint density at radius 3 is 2.32 bits per heavy atom. The zero-order chi connectivity index (χ0) is 16.5. The van der Waals surface area contributed by atoms with E-state index in [-0.39, 0.29) is 22.4 Å². The average molecular weight is 326 g/mol. The van der Waals surface area contributed by atoms with E-state index >= 15 is 0 Å². The highest BCUT2D eigenvalue weighted by molar-refractivity contribution is 7.90. The van der Waals surface area contributed by atoms with Crippen molar-refractivity contribution in [2.24, 2.45) is 0 Å². The number of halogens is 1. The first-order valence-electron chi connectivity index (χ1n) is 6.43. The van der Waals surface area contributed by atoms with Crippen molar-refractivity contribution in [3.05, 3.63) is 46.6 Å². The van der Waals surface area contributed by atoms with Crippen molar-refractivity contribution in [3.8, 4) is 0 Å². The number of nitrogens with one attached hydrogen (secondary N) is 1. The third-order valence-electron chi connectivity index (χ3n) is 2.99. The summed E-state index contributed by atoms with van der Waals surface area (Å²) in [6.45, 7) is 4.58. The number of sulfonamides is 1. The third-order valence-corrected chi connectivity index (χ3v) is 4.34. The van der Waals surface area contributed by atoms with E-state index in [1.165, 1.54) is 26.0 Å². The molecule has 1 amide bonds. The van der Waals surface area contributed by atoms with Crippen LogP contribution >= 0.6 is 0 Å². The molecule has 0 unspecified atom stereocenters. The van der Waals surface area contributed by atoms with Gasteiger partial charge in [0.05, 0.1) is 17.0 Å². The number of amides is 1. The molecule has 2 aromatic rings. The van der Waals surface area contributed by atoms with Crippen LogP contribution in [0.5, 0.6) is 0 Å². The van der Waals surface area contributed by atoms with Crippen molar-refractivity contribution in [1.29, 1.82) is 0 Å². The minimum Gasteiger partial charge on any atom is -0.361 e. The van der Waals surface area contributed by atoms with Crippen molar-refractivity contribution in [1.82, 2.24) is 9.88 Å². The van der Waals surface area contributed by atoms with Gasteiger partial charge in [0.15, 0.2) is 0 Å². The van der Waals surface area contributed by atoms with E-state index in [0.29, 0.717) is 11.5 Å². The van der Waals surface area contributed by atoms with Crippen LogP contribution in [0.2, 0.25) is 0 Å². The van der Waals surface area contributed by atoms with Crippen molar-refractivity contribution < 1.29 is 22.1 Å². The van der Waals surface area contributed by atoms with E-state index in [1.54, 1.807) is 13.0 Å². The Bertz CT molecular complexity index is 804. The molecule has 1 aromatic heterocycles. The monoisotopic (exact) mass is 326 g/mol. The second kappa shape index (κ2) is 5.88. The topological polar surface area (TPSA) is 89.3 Å². The molecule has 0 aliphatic heterocycles. The van der Waals surface area contributed by atoms with Crippen LogP contribution in [0.15, 0.2) is 27.6 Å². The minimum atomic E-state index is -4.06. The summed E-state index contributed by atoms with van der Waals surface area (Å²) in [5.74, 6) is -0.688. The highest BCUT2D eigenvalue weighted by Gasteiger charge is 2.20. The molecule has 1 aromatic carbocycles. The zero-order valence-corrected chi connectivity index (χ0v) is 13.1. The lowest BCUT2D eigenvalue weighted by Crippen LogP contribution is -2.32. The Labute approximate surface area is 127 Å². The quantitative estimate of drug-likeness (QED) is 0.925. The molecule has 2 rings (SSSR count). The third kappa shape index (κ3) is 3.51. The molecule has 0 fully saturated rings. The molecule has 0 aliphatic carbocycles. The Balaban J connectivity index is 2.19. The van der Waals surface area contributed by atoms with Gasteiger partial charge in [-0.15, -0.1) is 0 Å². The number of aryl methyl sites for hydroxylation is 3. The SMILES string of the molecule is Cc1cc(CC(=O)NS(=O)(=O)c2cc(C)c(F)c(C)c2)no1. The van der Waals surface area contributed by atoms with Crippen molar-refractivity contribution in [2.75, 3.05) is 0 Å². The maximum atomic E-state index is 13.6. The molecule has 0 saturated carbocycles. The van der Waals surface area contributed by atoms with Gasteiger partial charge in [-0.2, -0.15) is 0 Å². The highest BCUT2D eigenvalue weighted by atomic mass is 32.2. The summed E-state index contributed by atoms with van der Waals surface area (Å²) in [7, 11) is -4.06. The molecule has 8 heteroatoms. The van der Waals surface area contributed by atoms with Crippen LogP contribution in [0.4, 0.5) is 4.39 Å². The minimum absolute atomic E-state index is 0.159. The van der Waals surface area contributed by atoms with Gasteiger partial charge in [-0.3, -0.25) is 4.79 Å². The Morgan fingerprint density at radius 1 is 1.23 bits per heavy atom. The van der Waals surface area contributed by atoms with Crippen LogP contribution in [-0.2, 0) is 21.2 Å². The Hall–Kier alpha value is -2.22. The van der Waals surface area contributed by atoms with E-state index in [2.05, 4.69) is 5.16 Å². The fourth-order valence-electron chi connectivity index (χ4n) is 1.97. The van der Waals surface area contributed by atoms with Crippen LogP contribution in [-0.4, -0.2) is 19.5 Å². The number of hydrogen-bond donors (Lipinski definition) is 1. The molecule has 0 spiro atoms. The predicted molar refractivity (Wildman–Crippen MR) is 76.1 cm³/mol. The molecule has 1 N–H and O–H groups in total. The fraction of sp³-hybridized carbons (Fsp3) is 0.286. The summed E-state index contributed by atoms with van der Waals surface area (Å²) in [6, 6.07) is 3.90. The lowest BCUT2D eigenvalue weighted by Gasteiger charge is -2.09. The Kier molecular flexibility index (Phi) is 4.32. The summed E-state index contributed by atoms with van der Waals surface area (Å²) in [4.78, 5) is 11.6. The second-order valence-electron chi connectivity index (χ2n) is 5.01. The van der Waals surface area contributed by atoms with E-state index in [4.69, 9.17) is 4.52 Å². The van der Waals surface area contributed by atoms with Crippen LogP contribution in [0, 0.1) is 26.6 Å². The van der Waals surface area contributed by atoms with Gasteiger partial charge in [0, 0.05) is 6.07 Å². The average Bonchev–Trinajstić information content (AvgIpc) is 2.79. The van der Waals surface area contributed by atoms with Gasteiger partial charge < -0.3 is 4.52 Å². The van der Waals surface area contributed by atoms with Gasteiger partial charge in [0.25, 0.3) is 10.0 Å². The maximum absolute atomic E-state index is 13.6. The molecule has 1 heterocycles. The maximum Gasteiger partial charge on any atom is 0.264 e. The Morgan fingerprint density at radius 2 is 1.82 bits per heavy atom. The van der Waals surface area contributed by atoms with Gasteiger partial charge in [-0.25, -0.2) is 17.5 Å². The molecule has 0 bridgehead atoms. The summed E-state index contributed by atoms with van der Waals surface area (Å²) in [5.41, 5.74) is 0.719. The van der Waals surface area contributed by atoms with Gasteiger partial charge in [0.1, 0.15) is 11.6 Å². The summed E-state index contributed by atoms with van der Waals surface area (Å²) < 4.78 is 44.6. The molecule has 0 atom stereocenters. The first-order chi connectivity index (χ1) is 10.2. The summed E-state index contributed by atoms with van der Waals surface area (Å²) >= 11 is 0. The number of carbonyl (C=O) groups is 1.